The summed E-state index contributed by atoms with van der Waals surface area (Å²) in [4.78, 5) is 21.3. The highest BCUT2D eigenvalue weighted by molar-refractivity contribution is 7.89. The zero-order chi connectivity index (χ0) is 23.7. The molecular weight excluding hydrogens is 472 g/mol. The van der Waals surface area contributed by atoms with E-state index < -0.39 is 15.9 Å². The lowest BCUT2D eigenvalue weighted by Gasteiger charge is -2.31. The van der Waals surface area contributed by atoms with E-state index in [0.29, 0.717) is 35.9 Å². The van der Waals surface area contributed by atoms with Crippen LogP contribution in [0.1, 0.15) is 12.8 Å². The highest BCUT2D eigenvalue weighted by Crippen LogP contribution is 2.30. The number of sulfonamides is 1. The third-order valence-corrected chi connectivity index (χ3v) is 8.17. The average Bonchev–Trinajstić information content (AvgIpc) is 3.29. The van der Waals surface area contributed by atoms with Crippen LogP contribution in [0.4, 0.5) is 5.69 Å². The first-order valence-corrected chi connectivity index (χ1v) is 12.8. The minimum Gasteiger partial charge on any atom is -0.338 e. The molecule has 0 radical (unpaired) electrons. The number of benzene rings is 3. The first kappa shape index (κ1) is 22.6. The smallest absolute Gasteiger partial charge is 0.243 e. The standard InChI is InChI=1S/C25H23ClN4O3S/c26-18-11-13-19(14-12-18)34(32,33)30-15-5-6-17(16-30)25(31)29-21-8-2-1-7-20(21)24-27-22-9-3-4-10-23(22)28-24/h1-4,7-14,17H,5-6,15-16H2,(H,27,28)(H,29,31). The van der Waals surface area contributed by atoms with Crippen LogP contribution >= 0.6 is 11.6 Å². The lowest BCUT2D eigenvalue weighted by atomic mass is 9.98. The number of aromatic amines is 1. The van der Waals surface area contributed by atoms with Crippen LogP contribution in [0.2, 0.25) is 5.02 Å². The molecule has 1 fully saturated rings. The van der Waals surface area contributed by atoms with Crippen LogP contribution in [-0.4, -0.2) is 41.7 Å². The highest BCUT2D eigenvalue weighted by atomic mass is 35.5. The monoisotopic (exact) mass is 494 g/mol. The molecule has 0 saturated carbocycles. The van der Waals surface area contributed by atoms with Gasteiger partial charge in [0.15, 0.2) is 0 Å². The second-order valence-electron chi connectivity index (χ2n) is 8.29. The molecule has 1 unspecified atom stereocenters. The van der Waals surface area contributed by atoms with Crippen molar-refractivity contribution in [3.63, 3.8) is 0 Å². The number of fused-ring (bicyclic) bond motifs is 1. The number of halogens is 1. The molecule has 9 heteroatoms. The third kappa shape index (κ3) is 4.44. The van der Waals surface area contributed by atoms with Crippen LogP contribution in [0.3, 0.4) is 0 Å². The largest absolute Gasteiger partial charge is 0.338 e. The molecule has 0 aliphatic carbocycles. The maximum absolute atomic E-state index is 13.2. The minimum atomic E-state index is -3.70. The summed E-state index contributed by atoms with van der Waals surface area (Å²) in [6.07, 6.45) is 1.22. The number of hydrogen-bond acceptors (Lipinski definition) is 4. The number of hydrogen-bond donors (Lipinski definition) is 2. The Kier molecular flexibility index (Phi) is 6.12. The van der Waals surface area contributed by atoms with Crippen LogP contribution < -0.4 is 5.32 Å². The Bertz CT molecular complexity index is 1420. The van der Waals surface area contributed by atoms with Crippen molar-refractivity contribution in [3.8, 4) is 11.4 Å². The van der Waals surface area contributed by atoms with E-state index in [1.165, 1.54) is 16.4 Å². The van der Waals surface area contributed by atoms with Gasteiger partial charge in [-0.15, -0.1) is 0 Å². The van der Waals surface area contributed by atoms with Gasteiger partial charge >= 0.3 is 0 Å². The molecule has 0 bridgehead atoms. The van der Waals surface area contributed by atoms with Crippen molar-refractivity contribution in [1.29, 1.82) is 0 Å². The number of para-hydroxylation sites is 3. The first-order valence-electron chi connectivity index (χ1n) is 11.0. The van der Waals surface area contributed by atoms with Gasteiger partial charge in [0.1, 0.15) is 5.82 Å². The number of H-pyrrole nitrogens is 1. The molecular formula is C25H23ClN4O3S. The van der Waals surface area contributed by atoms with Crippen LogP contribution in [-0.2, 0) is 14.8 Å². The van der Waals surface area contributed by atoms with Crippen molar-refractivity contribution < 1.29 is 13.2 Å². The quantitative estimate of drug-likeness (QED) is 0.411. The molecule has 34 heavy (non-hydrogen) atoms. The number of rotatable bonds is 5. The van der Waals surface area contributed by atoms with E-state index in [0.717, 1.165) is 16.6 Å². The minimum absolute atomic E-state index is 0.129. The predicted octanol–water partition coefficient (Wildman–Crippen LogP) is 4.92. The molecule has 2 N–H and O–H groups in total. The van der Waals surface area contributed by atoms with Gasteiger partial charge in [-0.2, -0.15) is 4.31 Å². The Labute approximate surface area is 202 Å². The van der Waals surface area contributed by atoms with E-state index in [1.54, 1.807) is 12.1 Å². The zero-order valence-electron chi connectivity index (χ0n) is 18.2. The molecule has 1 aliphatic heterocycles. The Morgan fingerprint density at radius 1 is 1.03 bits per heavy atom. The van der Waals surface area contributed by atoms with Gasteiger partial charge in [0.2, 0.25) is 15.9 Å². The van der Waals surface area contributed by atoms with Crippen molar-refractivity contribution in [2.75, 3.05) is 18.4 Å². The average molecular weight is 495 g/mol. The van der Waals surface area contributed by atoms with Crippen LogP contribution in [0, 0.1) is 5.92 Å². The van der Waals surface area contributed by atoms with E-state index in [1.807, 2.05) is 48.5 Å². The van der Waals surface area contributed by atoms with E-state index in [2.05, 4.69) is 15.3 Å². The number of nitrogens with zero attached hydrogens (tertiary/aromatic N) is 2. The number of aromatic nitrogens is 2. The summed E-state index contributed by atoms with van der Waals surface area (Å²) in [5, 5.41) is 3.47. The number of amides is 1. The molecule has 3 aromatic carbocycles. The van der Waals surface area contributed by atoms with Gasteiger partial charge in [0.25, 0.3) is 0 Å². The Morgan fingerprint density at radius 2 is 1.76 bits per heavy atom. The third-order valence-electron chi connectivity index (χ3n) is 6.04. The van der Waals surface area contributed by atoms with Crippen molar-refractivity contribution in [1.82, 2.24) is 14.3 Å². The molecule has 7 nitrogen and oxygen atoms in total. The normalized spacial score (nSPS) is 17.0. The SMILES string of the molecule is O=C(Nc1ccccc1-c1nc2ccccc2[nH]1)C1CCCN(S(=O)(=O)c2ccc(Cl)cc2)C1. The summed E-state index contributed by atoms with van der Waals surface area (Å²) in [5.74, 6) is -0.00758. The van der Waals surface area contributed by atoms with Crippen molar-refractivity contribution in [2.24, 2.45) is 5.92 Å². The lowest BCUT2D eigenvalue weighted by molar-refractivity contribution is -0.120. The van der Waals surface area contributed by atoms with Gasteiger partial charge in [-0.25, -0.2) is 13.4 Å². The van der Waals surface area contributed by atoms with Crippen molar-refractivity contribution in [2.45, 2.75) is 17.7 Å². The maximum Gasteiger partial charge on any atom is 0.243 e. The van der Waals surface area contributed by atoms with Crippen molar-refractivity contribution in [3.05, 3.63) is 77.8 Å². The van der Waals surface area contributed by atoms with Gasteiger partial charge in [0, 0.05) is 23.7 Å². The van der Waals surface area contributed by atoms with Gasteiger partial charge in [-0.3, -0.25) is 4.79 Å². The number of imidazole rings is 1. The number of piperidine rings is 1. The second kappa shape index (κ2) is 9.21. The van der Waals surface area contributed by atoms with E-state index in [9.17, 15) is 13.2 Å². The highest BCUT2D eigenvalue weighted by Gasteiger charge is 2.33. The van der Waals surface area contributed by atoms with Gasteiger partial charge in [0.05, 0.1) is 27.5 Å². The Balaban J connectivity index is 1.35. The lowest BCUT2D eigenvalue weighted by Crippen LogP contribution is -2.43. The summed E-state index contributed by atoms with van der Waals surface area (Å²) in [6.45, 7) is 0.508. The predicted molar refractivity (Wildman–Crippen MR) is 133 cm³/mol. The van der Waals surface area contributed by atoms with E-state index in [-0.39, 0.29) is 17.3 Å². The number of anilines is 1. The summed E-state index contributed by atoms with van der Waals surface area (Å²) >= 11 is 5.90. The molecule has 174 valence electrons. The molecule has 1 aliphatic rings. The van der Waals surface area contributed by atoms with Gasteiger partial charge < -0.3 is 10.3 Å². The fourth-order valence-electron chi connectivity index (χ4n) is 4.24. The molecule has 4 aromatic rings. The van der Waals surface area contributed by atoms with Gasteiger partial charge in [-0.1, -0.05) is 35.9 Å². The fraction of sp³-hybridized carbons (Fsp3) is 0.200. The zero-order valence-corrected chi connectivity index (χ0v) is 19.8. The topological polar surface area (TPSA) is 95.2 Å². The number of nitrogens with one attached hydrogen (secondary N) is 2. The molecule has 0 spiro atoms. The van der Waals surface area contributed by atoms with Gasteiger partial charge in [-0.05, 0) is 61.4 Å². The maximum atomic E-state index is 13.2. The molecule has 1 aromatic heterocycles. The summed E-state index contributed by atoms with van der Waals surface area (Å²) in [7, 11) is -3.70. The van der Waals surface area contributed by atoms with E-state index >= 15 is 0 Å². The first-order chi connectivity index (χ1) is 16.4. The summed E-state index contributed by atoms with van der Waals surface area (Å²) < 4.78 is 27.6. The molecule has 5 rings (SSSR count). The van der Waals surface area contributed by atoms with Crippen LogP contribution in [0.15, 0.2) is 77.7 Å². The summed E-state index contributed by atoms with van der Waals surface area (Å²) in [5.41, 5.74) is 3.15. The molecule has 1 amide bonds. The summed E-state index contributed by atoms with van der Waals surface area (Å²) in [6, 6.07) is 21.3. The molecule has 1 saturated heterocycles. The van der Waals surface area contributed by atoms with Crippen molar-refractivity contribution >= 4 is 44.3 Å². The van der Waals surface area contributed by atoms with Crippen LogP contribution in [0.5, 0.6) is 0 Å². The Morgan fingerprint density at radius 3 is 2.56 bits per heavy atom. The number of carbonyl (C=O) groups is 1. The number of carbonyl (C=O) groups excluding carboxylic acids is 1. The van der Waals surface area contributed by atoms with E-state index in [4.69, 9.17) is 11.6 Å². The fourth-order valence-corrected chi connectivity index (χ4v) is 5.89. The molecule has 1 atom stereocenters. The van der Waals surface area contributed by atoms with Crippen LogP contribution in [0.25, 0.3) is 22.4 Å². The Hall–Kier alpha value is -3.20. The second-order valence-corrected chi connectivity index (χ2v) is 10.7. The molecule has 2 heterocycles.